The molecule has 55 heavy (non-hydrogen) atoms. The van der Waals surface area contributed by atoms with E-state index in [1.54, 1.807) is 4.90 Å². The maximum Gasteiger partial charge on any atom is 0.410 e. The van der Waals surface area contributed by atoms with Crippen LogP contribution in [0.3, 0.4) is 0 Å². The van der Waals surface area contributed by atoms with Crippen molar-refractivity contribution in [3.05, 3.63) is 88.0 Å². The standard InChI is InChI=1S/C42H46Cl2N6O5/c1-42(2,3)55-41(52)50(24-27-13-17-36(51)46-27)23-25-12-15-35(48-40(25)53-5)33-11-7-9-31(38(33)44)30-8-6-10-32(37(30)43)34-16-14-29-26(22-49(4)39(29)47-34)20-45-21-28-18-19-54-28/h6-12,14-16,22,27-28,45H,13,17-21,23-24H2,1-5H3,(H,46,51)/t27-,28-/m0/s1. The maximum atomic E-state index is 13.3. The lowest BCUT2D eigenvalue weighted by Gasteiger charge is -2.29. The van der Waals surface area contributed by atoms with E-state index in [-0.39, 0.29) is 18.5 Å². The summed E-state index contributed by atoms with van der Waals surface area (Å²) in [5.41, 5.74) is 6.38. The van der Waals surface area contributed by atoms with Crippen LogP contribution in [0.25, 0.3) is 44.7 Å². The molecular weight excluding hydrogens is 739 g/mol. The first kappa shape index (κ1) is 38.6. The number of aromatic nitrogens is 3. The van der Waals surface area contributed by atoms with Gasteiger partial charge in [0.25, 0.3) is 0 Å². The zero-order valence-electron chi connectivity index (χ0n) is 31.7. The highest BCUT2D eigenvalue weighted by atomic mass is 35.5. The van der Waals surface area contributed by atoms with Crippen LogP contribution in [0.4, 0.5) is 4.79 Å². The SMILES string of the molecule is COc1nc(-c2cccc(-c3cccc(-c4ccc5c(CNC[C@@H]6CCO6)cn(C)c5n4)c3Cl)c2Cl)ccc1CN(C[C@@H]1CCC(=O)N1)C(=O)OC(C)(C)C. The molecule has 288 valence electrons. The summed E-state index contributed by atoms with van der Waals surface area (Å²) in [7, 11) is 3.54. The summed E-state index contributed by atoms with van der Waals surface area (Å²) >= 11 is 14.4. The third-order valence-corrected chi connectivity index (χ3v) is 10.7. The van der Waals surface area contributed by atoms with Crippen molar-refractivity contribution in [1.29, 1.82) is 0 Å². The van der Waals surface area contributed by atoms with Crippen LogP contribution in [0.15, 0.2) is 66.9 Å². The van der Waals surface area contributed by atoms with Crippen molar-refractivity contribution in [3.63, 3.8) is 0 Å². The highest BCUT2D eigenvalue weighted by Gasteiger charge is 2.29. The summed E-state index contributed by atoms with van der Waals surface area (Å²) in [6, 6.07) is 19.3. The number of nitrogens with zero attached hydrogens (tertiary/aromatic N) is 4. The fourth-order valence-corrected chi connectivity index (χ4v) is 7.69. The van der Waals surface area contributed by atoms with Gasteiger partial charge >= 0.3 is 6.09 Å². The van der Waals surface area contributed by atoms with E-state index in [9.17, 15) is 9.59 Å². The molecule has 0 radical (unpaired) electrons. The van der Waals surface area contributed by atoms with Crippen molar-refractivity contribution in [2.24, 2.45) is 7.05 Å². The Bertz CT molecular complexity index is 2230. The number of pyridine rings is 2. The first-order valence-electron chi connectivity index (χ1n) is 18.5. The van der Waals surface area contributed by atoms with Gasteiger partial charge in [0.1, 0.15) is 11.2 Å². The Kier molecular flexibility index (Phi) is 11.4. The molecule has 5 aromatic rings. The molecule has 0 unspecified atom stereocenters. The van der Waals surface area contributed by atoms with E-state index in [0.717, 1.165) is 59.5 Å². The normalized spacial score (nSPS) is 16.9. The van der Waals surface area contributed by atoms with Crippen molar-refractivity contribution in [1.82, 2.24) is 30.1 Å². The van der Waals surface area contributed by atoms with Crippen LogP contribution in [0, 0.1) is 0 Å². The van der Waals surface area contributed by atoms with E-state index >= 15 is 0 Å². The van der Waals surface area contributed by atoms with Crippen LogP contribution >= 0.6 is 23.2 Å². The number of methoxy groups -OCH3 is 1. The molecule has 2 aliphatic heterocycles. The van der Waals surface area contributed by atoms with Gasteiger partial charge in [0, 0.05) is 85.2 Å². The quantitative estimate of drug-likeness (QED) is 0.130. The molecule has 2 amide bonds. The smallest absolute Gasteiger partial charge is 0.410 e. The number of hydrogen-bond donors (Lipinski definition) is 2. The topological polar surface area (TPSA) is 120 Å². The molecule has 0 spiro atoms. The van der Waals surface area contributed by atoms with Gasteiger partial charge in [-0.2, -0.15) is 0 Å². The highest BCUT2D eigenvalue weighted by Crippen LogP contribution is 2.42. The van der Waals surface area contributed by atoms with Crippen LogP contribution in [-0.2, 0) is 34.4 Å². The second-order valence-corrected chi connectivity index (χ2v) is 15.9. The number of carbonyl (C=O) groups excluding carboxylic acids is 2. The molecule has 0 aliphatic carbocycles. The average Bonchev–Trinajstić information content (AvgIpc) is 3.69. The first-order chi connectivity index (χ1) is 26.4. The van der Waals surface area contributed by atoms with Gasteiger partial charge < -0.3 is 34.3 Å². The van der Waals surface area contributed by atoms with Gasteiger partial charge in [0.15, 0.2) is 0 Å². The lowest BCUT2D eigenvalue weighted by Crippen LogP contribution is -2.43. The molecule has 2 atom stereocenters. The molecule has 0 bridgehead atoms. The Morgan fingerprint density at radius 1 is 0.964 bits per heavy atom. The number of rotatable bonds is 12. The number of fused-ring (bicyclic) bond motifs is 1. The predicted octanol–water partition coefficient (Wildman–Crippen LogP) is 8.18. The van der Waals surface area contributed by atoms with Crippen molar-refractivity contribution in [2.45, 2.75) is 70.9 Å². The third kappa shape index (κ3) is 8.60. The fraction of sp³-hybridized carbons (Fsp3) is 0.381. The second kappa shape index (κ2) is 16.2. The lowest BCUT2D eigenvalue weighted by molar-refractivity contribution is -0.119. The van der Waals surface area contributed by atoms with E-state index in [0.29, 0.717) is 58.2 Å². The Hall–Kier alpha value is -4.68. The summed E-state index contributed by atoms with van der Waals surface area (Å²) in [4.78, 5) is 36.7. The Labute approximate surface area is 331 Å². The summed E-state index contributed by atoms with van der Waals surface area (Å²) in [5.74, 6) is 0.319. The Balaban J connectivity index is 1.14. The van der Waals surface area contributed by atoms with Crippen molar-refractivity contribution in [3.8, 4) is 39.5 Å². The zero-order chi connectivity index (χ0) is 38.9. The minimum Gasteiger partial charge on any atom is -0.481 e. The third-order valence-electron chi connectivity index (χ3n) is 9.90. The molecule has 2 saturated heterocycles. The van der Waals surface area contributed by atoms with E-state index in [1.165, 1.54) is 12.7 Å². The van der Waals surface area contributed by atoms with Gasteiger partial charge in [-0.05, 0) is 63.4 Å². The van der Waals surface area contributed by atoms with Crippen molar-refractivity contribution < 1.29 is 23.8 Å². The molecule has 2 aliphatic rings. The molecule has 5 heterocycles. The number of aryl methyl sites for hydroxylation is 1. The zero-order valence-corrected chi connectivity index (χ0v) is 33.3. The van der Waals surface area contributed by atoms with Crippen LogP contribution in [0.5, 0.6) is 5.88 Å². The first-order valence-corrected chi connectivity index (χ1v) is 19.3. The second-order valence-electron chi connectivity index (χ2n) is 15.1. The van der Waals surface area contributed by atoms with Crippen LogP contribution < -0.4 is 15.4 Å². The van der Waals surface area contributed by atoms with Gasteiger partial charge in [-0.15, -0.1) is 0 Å². The molecular formula is C42H46Cl2N6O5. The van der Waals surface area contributed by atoms with Crippen LogP contribution in [0.1, 0.15) is 51.2 Å². The van der Waals surface area contributed by atoms with Gasteiger partial charge in [-0.1, -0.05) is 59.6 Å². The number of amides is 2. The monoisotopic (exact) mass is 784 g/mol. The van der Waals surface area contributed by atoms with Gasteiger partial charge in [-0.3, -0.25) is 4.79 Å². The molecule has 7 rings (SSSR count). The van der Waals surface area contributed by atoms with E-state index < -0.39 is 11.7 Å². The molecule has 2 aromatic carbocycles. The molecule has 11 nitrogen and oxygen atoms in total. The van der Waals surface area contributed by atoms with Gasteiger partial charge in [-0.25, -0.2) is 14.8 Å². The number of halogens is 2. The molecule has 2 fully saturated rings. The Morgan fingerprint density at radius 2 is 1.62 bits per heavy atom. The number of nitrogens with one attached hydrogen (secondary N) is 2. The van der Waals surface area contributed by atoms with Crippen LogP contribution in [0.2, 0.25) is 10.0 Å². The van der Waals surface area contributed by atoms with E-state index in [4.69, 9.17) is 47.4 Å². The molecule has 3 aromatic heterocycles. The minimum atomic E-state index is -0.691. The summed E-state index contributed by atoms with van der Waals surface area (Å²) in [6.45, 7) is 8.34. The van der Waals surface area contributed by atoms with Gasteiger partial charge in [0.2, 0.25) is 11.8 Å². The highest BCUT2D eigenvalue weighted by molar-refractivity contribution is 6.39. The van der Waals surface area contributed by atoms with Crippen molar-refractivity contribution in [2.75, 3.05) is 26.8 Å². The summed E-state index contributed by atoms with van der Waals surface area (Å²) in [6.07, 6.45) is 4.10. The Morgan fingerprint density at radius 3 is 2.22 bits per heavy atom. The number of hydrogen-bond acceptors (Lipinski definition) is 8. The molecule has 2 N–H and O–H groups in total. The fourth-order valence-electron chi connectivity index (χ4n) is 7.04. The number of ether oxygens (including phenoxy) is 3. The summed E-state index contributed by atoms with van der Waals surface area (Å²) < 4.78 is 19.1. The van der Waals surface area contributed by atoms with E-state index in [1.807, 2.05) is 87.0 Å². The average molecular weight is 786 g/mol. The summed E-state index contributed by atoms with van der Waals surface area (Å²) in [5, 5.41) is 8.55. The lowest BCUT2D eigenvalue weighted by atomic mass is 9.98. The number of carbonyl (C=O) groups is 2. The van der Waals surface area contributed by atoms with Gasteiger partial charge in [0.05, 0.1) is 41.2 Å². The maximum absolute atomic E-state index is 13.3. The van der Waals surface area contributed by atoms with Crippen LogP contribution in [-0.4, -0.2) is 76.0 Å². The molecule has 0 saturated carbocycles. The number of benzene rings is 2. The minimum absolute atomic E-state index is 0.0249. The van der Waals surface area contributed by atoms with Crippen molar-refractivity contribution >= 4 is 46.2 Å². The largest absolute Gasteiger partial charge is 0.481 e. The predicted molar refractivity (Wildman–Crippen MR) is 215 cm³/mol. The van der Waals surface area contributed by atoms with E-state index in [2.05, 4.69) is 22.9 Å². The molecule has 13 heteroatoms.